The summed E-state index contributed by atoms with van der Waals surface area (Å²) in [6.07, 6.45) is -0.161. The average Bonchev–Trinajstić information content (AvgIpc) is 3.01. The predicted molar refractivity (Wildman–Crippen MR) is 75.7 cm³/mol. The molecule has 2 aromatic rings. The number of carbonyl (C=O) groups excluding carboxylic acids is 1. The van der Waals surface area contributed by atoms with Crippen molar-refractivity contribution in [2.45, 2.75) is 6.10 Å². The molecule has 1 N–H and O–H groups in total. The number of hydrogen-bond acceptors (Lipinski definition) is 4. The number of rotatable bonds is 5. The molecule has 2 aromatic heterocycles. The molecule has 2 heterocycles. The molecule has 3 nitrogen and oxygen atoms in total. The van der Waals surface area contributed by atoms with Crippen molar-refractivity contribution in [2.75, 3.05) is 13.7 Å². The molecule has 0 saturated carbocycles. The van der Waals surface area contributed by atoms with Crippen LogP contribution in [0.15, 0.2) is 29.6 Å². The van der Waals surface area contributed by atoms with Gasteiger partial charge in [-0.15, -0.1) is 22.7 Å². The van der Waals surface area contributed by atoms with Crippen molar-refractivity contribution in [3.05, 3.63) is 43.7 Å². The Balaban J connectivity index is 1.94. The molecule has 0 aliphatic rings. The van der Waals surface area contributed by atoms with Crippen LogP contribution in [0.2, 0.25) is 4.34 Å². The molecule has 18 heavy (non-hydrogen) atoms. The van der Waals surface area contributed by atoms with Crippen LogP contribution in [-0.4, -0.2) is 19.6 Å². The van der Waals surface area contributed by atoms with Gasteiger partial charge in [0, 0.05) is 18.5 Å². The van der Waals surface area contributed by atoms with Crippen molar-refractivity contribution >= 4 is 40.2 Å². The van der Waals surface area contributed by atoms with Crippen molar-refractivity contribution in [2.24, 2.45) is 0 Å². The number of amides is 1. The Morgan fingerprint density at radius 3 is 2.89 bits per heavy atom. The average molecular weight is 302 g/mol. The van der Waals surface area contributed by atoms with E-state index < -0.39 is 0 Å². The molecule has 6 heteroatoms. The molecule has 1 amide bonds. The smallest absolute Gasteiger partial charge is 0.261 e. The molecule has 0 aliphatic carbocycles. The number of nitrogens with one attached hydrogen (secondary N) is 1. The first-order valence-electron chi connectivity index (χ1n) is 5.30. The Bertz CT molecular complexity index is 510. The minimum atomic E-state index is -0.161. The quantitative estimate of drug-likeness (QED) is 0.916. The van der Waals surface area contributed by atoms with Crippen LogP contribution in [0, 0.1) is 0 Å². The topological polar surface area (TPSA) is 38.3 Å². The number of thiophene rings is 2. The van der Waals surface area contributed by atoms with Gasteiger partial charge in [-0.05, 0) is 23.6 Å². The lowest BCUT2D eigenvalue weighted by Gasteiger charge is -2.14. The first kappa shape index (κ1) is 13.5. The predicted octanol–water partition coefficient (Wildman–Crippen LogP) is 3.58. The van der Waals surface area contributed by atoms with E-state index >= 15 is 0 Å². The van der Waals surface area contributed by atoms with E-state index in [0.29, 0.717) is 11.4 Å². The lowest BCUT2D eigenvalue weighted by molar-refractivity contribution is 0.0841. The molecule has 2 rings (SSSR count). The van der Waals surface area contributed by atoms with Crippen LogP contribution < -0.4 is 5.32 Å². The van der Waals surface area contributed by atoms with Gasteiger partial charge < -0.3 is 10.1 Å². The van der Waals surface area contributed by atoms with Crippen molar-refractivity contribution in [3.8, 4) is 0 Å². The van der Waals surface area contributed by atoms with E-state index in [1.165, 1.54) is 22.7 Å². The molecule has 0 aliphatic heterocycles. The van der Waals surface area contributed by atoms with E-state index in [-0.39, 0.29) is 12.0 Å². The van der Waals surface area contributed by atoms with E-state index in [1.807, 2.05) is 23.6 Å². The monoisotopic (exact) mass is 301 g/mol. The van der Waals surface area contributed by atoms with Crippen LogP contribution in [0.3, 0.4) is 0 Å². The molecule has 1 unspecified atom stereocenters. The highest BCUT2D eigenvalue weighted by Gasteiger charge is 2.15. The maximum atomic E-state index is 11.8. The van der Waals surface area contributed by atoms with E-state index in [9.17, 15) is 4.79 Å². The lowest BCUT2D eigenvalue weighted by atomic mass is 10.3. The highest BCUT2D eigenvalue weighted by molar-refractivity contribution is 7.16. The molecule has 1 atom stereocenters. The summed E-state index contributed by atoms with van der Waals surface area (Å²) in [4.78, 5) is 13.5. The number of hydrogen-bond donors (Lipinski definition) is 1. The first-order chi connectivity index (χ1) is 8.70. The van der Waals surface area contributed by atoms with Gasteiger partial charge in [0.1, 0.15) is 6.10 Å². The van der Waals surface area contributed by atoms with E-state index in [0.717, 1.165) is 9.21 Å². The zero-order valence-corrected chi connectivity index (χ0v) is 12.1. The van der Waals surface area contributed by atoms with Gasteiger partial charge >= 0.3 is 0 Å². The second-order valence-corrected chi connectivity index (χ2v) is 6.25. The Hall–Kier alpha value is -0.880. The molecule has 0 aromatic carbocycles. The van der Waals surface area contributed by atoms with Crippen molar-refractivity contribution in [1.82, 2.24) is 5.32 Å². The minimum Gasteiger partial charge on any atom is -0.374 e. The Kier molecular flexibility index (Phi) is 4.77. The number of carbonyl (C=O) groups is 1. The molecule has 0 saturated heterocycles. The van der Waals surface area contributed by atoms with Gasteiger partial charge in [-0.2, -0.15) is 0 Å². The molecule has 0 fully saturated rings. The summed E-state index contributed by atoms with van der Waals surface area (Å²) in [5.74, 6) is -0.0743. The summed E-state index contributed by atoms with van der Waals surface area (Å²) >= 11 is 8.76. The van der Waals surface area contributed by atoms with E-state index in [1.54, 1.807) is 13.2 Å². The second kappa shape index (κ2) is 6.33. The second-order valence-electron chi connectivity index (χ2n) is 3.55. The maximum absolute atomic E-state index is 11.8. The first-order valence-corrected chi connectivity index (χ1v) is 7.38. The standard InChI is InChI=1S/C12H12ClNO2S2/c1-16-8(9-4-5-11(13)18-9)7-14-12(15)10-3-2-6-17-10/h2-6,8H,7H2,1H3,(H,14,15). The third kappa shape index (κ3) is 3.32. The number of ether oxygens (including phenoxy) is 1. The Labute approximate surface area is 118 Å². The van der Waals surface area contributed by atoms with Crippen LogP contribution in [0.25, 0.3) is 0 Å². The third-order valence-corrected chi connectivity index (χ3v) is 4.58. The zero-order valence-electron chi connectivity index (χ0n) is 9.68. The highest BCUT2D eigenvalue weighted by Crippen LogP contribution is 2.28. The molecular formula is C12H12ClNO2S2. The zero-order chi connectivity index (χ0) is 13.0. The summed E-state index contributed by atoms with van der Waals surface area (Å²) < 4.78 is 6.08. The van der Waals surface area contributed by atoms with Crippen molar-refractivity contribution < 1.29 is 9.53 Å². The highest BCUT2D eigenvalue weighted by atomic mass is 35.5. The maximum Gasteiger partial charge on any atom is 0.261 e. The Morgan fingerprint density at radius 2 is 2.33 bits per heavy atom. The van der Waals surface area contributed by atoms with Crippen LogP contribution >= 0.6 is 34.3 Å². The van der Waals surface area contributed by atoms with Crippen LogP contribution in [0.5, 0.6) is 0 Å². The summed E-state index contributed by atoms with van der Waals surface area (Å²) in [6.45, 7) is 0.435. The van der Waals surface area contributed by atoms with Gasteiger partial charge in [0.05, 0.1) is 9.21 Å². The number of methoxy groups -OCH3 is 1. The summed E-state index contributed by atoms with van der Waals surface area (Å²) in [5, 5.41) is 4.73. The van der Waals surface area contributed by atoms with Gasteiger partial charge in [0.25, 0.3) is 5.91 Å². The fourth-order valence-electron chi connectivity index (χ4n) is 1.48. The van der Waals surface area contributed by atoms with Gasteiger partial charge in [-0.3, -0.25) is 4.79 Å². The van der Waals surface area contributed by atoms with Crippen LogP contribution in [0.1, 0.15) is 20.7 Å². The molecular weight excluding hydrogens is 290 g/mol. The Morgan fingerprint density at radius 1 is 1.50 bits per heavy atom. The van der Waals surface area contributed by atoms with Gasteiger partial charge in [0.15, 0.2) is 0 Å². The molecule has 0 spiro atoms. The minimum absolute atomic E-state index is 0.0743. The summed E-state index contributed by atoms with van der Waals surface area (Å²) in [5.41, 5.74) is 0. The molecule has 0 radical (unpaired) electrons. The number of halogens is 1. The normalized spacial score (nSPS) is 12.3. The van der Waals surface area contributed by atoms with Gasteiger partial charge in [-0.1, -0.05) is 17.7 Å². The van der Waals surface area contributed by atoms with Crippen LogP contribution in [0.4, 0.5) is 0 Å². The summed E-state index contributed by atoms with van der Waals surface area (Å²) in [7, 11) is 1.62. The fourth-order valence-corrected chi connectivity index (χ4v) is 3.26. The summed E-state index contributed by atoms with van der Waals surface area (Å²) in [6, 6.07) is 7.39. The fraction of sp³-hybridized carbons (Fsp3) is 0.250. The van der Waals surface area contributed by atoms with Crippen molar-refractivity contribution in [3.63, 3.8) is 0 Å². The van der Waals surface area contributed by atoms with Crippen molar-refractivity contribution in [1.29, 1.82) is 0 Å². The van der Waals surface area contributed by atoms with Gasteiger partial charge in [-0.25, -0.2) is 0 Å². The third-order valence-electron chi connectivity index (χ3n) is 2.39. The van der Waals surface area contributed by atoms with E-state index in [2.05, 4.69) is 5.32 Å². The van der Waals surface area contributed by atoms with E-state index in [4.69, 9.17) is 16.3 Å². The SMILES string of the molecule is COC(CNC(=O)c1cccs1)c1ccc(Cl)s1. The largest absolute Gasteiger partial charge is 0.374 e. The van der Waals surface area contributed by atoms with Gasteiger partial charge in [0.2, 0.25) is 0 Å². The lowest BCUT2D eigenvalue weighted by Crippen LogP contribution is -2.28. The molecule has 96 valence electrons. The molecule has 0 bridgehead atoms. The van der Waals surface area contributed by atoms with Crippen LogP contribution in [-0.2, 0) is 4.74 Å².